The molecule has 0 saturated carbocycles. The van der Waals surface area contributed by atoms with Crippen molar-refractivity contribution in [3.05, 3.63) is 53.6 Å². The van der Waals surface area contributed by atoms with E-state index in [1.807, 2.05) is 18.2 Å². The summed E-state index contributed by atoms with van der Waals surface area (Å²) < 4.78 is 10.7. The van der Waals surface area contributed by atoms with Crippen LogP contribution in [0.3, 0.4) is 0 Å². The Morgan fingerprint density at radius 2 is 1.74 bits per heavy atom. The normalized spacial score (nSPS) is 10.3. The number of benzene rings is 2. The van der Waals surface area contributed by atoms with Gasteiger partial charge >= 0.3 is 0 Å². The molecule has 2 aromatic rings. The fourth-order valence-corrected chi connectivity index (χ4v) is 2.69. The van der Waals surface area contributed by atoms with Crippen molar-refractivity contribution in [1.82, 2.24) is 0 Å². The van der Waals surface area contributed by atoms with Crippen LogP contribution in [0.2, 0.25) is 0 Å². The first kappa shape index (κ1) is 13.8. The molecule has 0 aromatic heterocycles. The van der Waals surface area contributed by atoms with Gasteiger partial charge in [0.2, 0.25) is 0 Å². The highest BCUT2D eigenvalue weighted by Gasteiger charge is 2.08. The second kappa shape index (κ2) is 6.53. The summed E-state index contributed by atoms with van der Waals surface area (Å²) in [5.74, 6) is 1.76. The number of ether oxygens (including phenoxy) is 2. The summed E-state index contributed by atoms with van der Waals surface area (Å²) in [4.78, 5) is 1.30. The number of thioether (sulfide) groups is 1. The Morgan fingerprint density at radius 3 is 2.42 bits per heavy atom. The average molecular weight is 274 g/mol. The van der Waals surface area contributed by atoms with Gasteiger partial charge in [0, 0.05) is 16.9 Å². The maximum Gasteiger partial charge on any atom is 0.122 e. The van der Waals surface area contributed by atoms with Crippen LogP contribution in [0.4, 0.5) is 0 Å². The van der Waals surface area contributed by atoms with Gasteiger partial charge in [0.1, 0.15) is 11.5 Å². The standard InChI is InChI=1S/C16H18O2S/c1-17-14-8-9-15(18-2)13(11-14)10-12-6-4-5-7-16(12)19-3/h4-9,11H,10H2,1-3H3. The maximum atomic E-state index is 5.43. The second-order valence-electron chi connectivity index (χ2n) is 4.17. The molecule has 0 saturated heterocycles. The third kappa shape index (κ3) is 3.24. The number of methoxy groups -OCH3 is 2. The van der Waals surface area contributed by atoms with Crippen molar-refractivity contribution in [3.8, 4) is 11.5 Å². The SMILES string of the molecule is COc1ccc(OC)c(Cc2ccccc2SC)c1. The average Bonchev–Trinajstić information content (AvgIpc) is 2.47. The van der Waals surface area contributed by atoms with Crippen LogP contribution in [-0.2, 0) is 6.42 Å². The highest BCUT2D eigenvalue weighted by molar-refractivity contribution is 7.98. The van der Waals surface area contributed by atoms with Crippen LogP contribution in [0.1, 0.15) is 11.1 Å². The Kier molecular flexibility index (Phi) is 4.74. The van der Waals surface area contributed by atoms with Crippen molar-refractivity contribution in [3.63, 3.8) is 0 Å². The summed E-state index contributed by atoms with van der Waals surface area (Å²) in [7, 11) is 3.38. The highest BCUT2D eigenvalue weighted by atomic mass is 32.2. The van der Waals surface area contributed by atoms with Gasteiger partial charge in [-0.3, -0.25) is 0 Å². The number of hydrogen-bond donors (Lipinski definition) is 0. The van der Waals surface area contributed by atoms with Crippen LogP contribution in [0.15, 0.2) is 47.4 Å². The Labute approximate surface area is 118 Å². The van der Waals surface area contributed by atoms with E-state index in [9.17, 15) is 0 Å². The molecule has 19 heavy (non-hydrogen) atoms. The van der Waals surface area contributed by atoms with E-state index in [0.717, 1.165) is 23.5 Å². The molecule has 0 bridgehead atoms. The summed E-state index contributed by atoms with van der Waals surface area (Å²) in [5, 5.41) is 0. The van der Waals surface area contributed by atoms with Crippen LogP contribution in [0, 0.1) is 0 Å². The van der Waals surface area contributed by atoms with Crippen molar-refractivity contribution in [2.45, 2.75) is 11.3 Å². The molecule has 0 aliphatic heterocycles. The quantitative estimate of drug-likeness (QED) is 0.767. The predicted molar refractivity (Wildman–Crippen MR) is 80.6 cm³/mol. The lowest BCUT2D eigenvalue weighted by atomic mass is 10.0. The van der Waals surface area contributed by atoms with Crippen molar-refractivity contribution in [2.75, 3.05) is 20.5 Å². The highest BCUT2D eigenvalue weighted by Crippen LogP contribution is 2.29. The van der Waals surface area contributed by atoms with Crippen LogP contribution in [0.25, 0.3) is 0 Å². The van der Waals surface area contributed by atoms with Crippen molar-refractivity contribution < 1.29 is 9.47 Å². The predicted octanol–water partition coefficient (Wildman–Crippen LogP) is 4.02. The molecule has 0 heterocycles. The maximum absolute atomic E-state index is 5.43. The smallest absolute Gasteiger partial charge is 0.122 e. The summed E-state index contributed by atoms with van der Waals surface area (Å²) in [6.07, 6.45) is 2.94. The Morgan fingerprint density at radius 1 is 0.947 bits per heavy atom. The zero-order valence-corrected chi connectivity index (χ0v) is 12.3. The van der Waals surface area contributed by atoms with E-state index < -0.39 is 0 Å². The molecular formula is C16H18O2S. The zero-order chi connectivity index (χ0) is 13.7. The molecule has 3 heteroatoms. The third-order valence-electron chi connectivity index (χ3n) is 3.06. The topological polar surface area (TPSA) is 18.5 Å². The van der Waals surface area contributed by atoms with E-state index >= 15 is 0 Å². The van der Waals surface area contributed by atoms with Gasteiger partial charge in [0.25, 0.3) is 0 Å². The molecule has 0 aliphatic carbocycles. The van der Waals surface area contributed by atoms with Crippen LogP contribution < -0.4 is 9.47 Å². The van der Waals surface area contributed by atoms with Crippen LogP contribution >= 0.6 is 11.8 Å². The van der Waals surface area contributed by atoms with E-state index in [4.69, 9.17) is 9.47 Å². The first-order valence-electron chi connectivity index (χ1n) is 6.11. The Bertz CT molecular complexity index is 552. The van der Waals surface area contributed by atoms with E-state index in [1.165, 1.54) is 10.5 Å². The molecule has 0 amide bonds. The zero-order valence-electron chi connectivity index (χ0n) is 11.5. The molecule has 0 atom stereocenters. The molecule has 0 fully saturated rings. The van der Waals surface area contributed by atoms with Gasteiger partial charge in [-0.25, -0.2) is 0 Å². The lowest BCUT2D eigenvalue weighted by Gasteiger charge is -2.12. The minimum absolute atomic E-state index is 0.845. The van der Waals surface area contributed by atoms with E-state index in [2.05, 4.69) is 30.5 Å². The summed E-state index contributed by atoms with van der Waals surface area (Å²) in [6, 6.07) is 14.4. The van der Waals surface area contributed by atoms with E-state index in [0.29, 0.717) is 0 Å². The molecule has 0 radical (unpaired) electrons. The minimum Gasteiger partial charge on any atom is -0.497 e. The summed E-state index contributed by atoms with van der Waals surface area (Å²) in [5.41, 5.74) is 2.45. The van der Waals surface area contributed by atoms with Gasteiger partial charge < -0.3 is 9.47 Å². The first-order chi connectivity index (χ1) is 9.28. The van der Waals surface area contributed by atoms with E-state index in [1.54, 1.807) is 26.0 Å². The van der Waals surface area contributed by atoms with E-state index in [-0.39, 0.29) is 0 Å². The number of hydrogen-bond acceptors (Lipinski definition) is 3. The van der Waals surface area contributed by atoms with Gasteiger partial charge in [-0.05, 0) is 36.1 Å². The minimum atomic E-state index is 0.845. The molecule has 100 valence electrons. The van der Waals surface area contributed by atoms with Gasteiger partial charge in [0.15, 0.2) is 0 Å². The molecule has 2 nitrogen and oxygen atoms in total. The molecule has 2 rings (SSSR count). The third-order valence-corrected chi connectivity index (χ3v) is 3.90. The largest absolute Gasteiger partial charge is 0.497 e. The molecule has 0 N–H and O–H groups in total. The molecule has 0 unspecified atom stereocenters. The van der Waals surface area contributed by atoms with Crippen LogP contribution in [0.5, 0.6) is 11.5 Å². The van der Waals surface area contributed by atoms with Crippen molar-refractivity contribution in [2.24, 2.45) is 0 Å². The molecule has 0 aliphatic rings. The first-order valence-corrected chi connectivity index (χ1v) is 7.33. The fraction of sp³-hybridized carbons (Fsp3) is 0.250. The molecule has 0 spiro atoms. The fourth-order valence-electron chi connectivity index (χ4n) is 2.07. The Hall–Kier alpha value is -1.61. The Balaban J connectivity index is 2.36. The lowest BCUT2D eigenvalue weighted by Crippen LogP contribution is -1.96. The molecular weight excluding hydrogens is 256 g/mol. The van der Waals surface area contributed by atoms with Crippen LogP contribution in [-0.4, -0.2) is 20.5 Å². The van der Waals surface area contributed by atoms with Gasteiger partial charge in [-0.1, -0.05) is 18.2 Å². The lowest BCUT2D eigenvalue weighted by molar-refractivity contribution is 0.399. The summed E-state index contributed by atoms with van der Waals surface area (Å²) >= 11 is 1.77. The van der Waals surface area contributed by atoms with Gasteiger partial charge in [-0.2, -0.15) is 0 Å². The monoisotopic (exact) mass is 274 g/mol. The van der Waals surface area contributed by atoms with Crippen molar-refractivity contribution >= 4 is 11.8 Å². The molecule has 2 aromatic carbocycles. The van der Waals surface area contributed by atoms with Crippen molar-refractivity contribution in [1.29, 1.82) is 0 Å². The van der Waals surface area contributed by atoms with Gasteiger partial charge in [0.05, 0.1) is 14.2 Å². The number of rotatable bonds is 5. The second-order valence-corrected chi connectivity index (χ2v) is 5.01. The van der Waals surface area contributed by atoms with Gasteiger partial charge in [-0.15, -0.1) is 11.8 Å². The summed E-state index contributed by atoms with van der Waals surface area (Å²) in [6.45, 7) is 0.